The molecule has 2 heterocycles. The SMILES string of the molecule is c1ccc(-c2ccc(N(c3ccc(-c4cccc5c4oc4c(-c6ccccc6)c6c(cc45)oc4ccccc46)cc3)c3ccccc3-c3ccccc3)cc2)cc1. The molecule has 0 bridgehead atoms. The predicted octanol–water partition coefficient (Wildman–Crippen LogP) is 15.6. The molecule has 2 aromatic heterocycles. The molecule has 9 aromatic carbocycles. The van der Waals surface area contributed by atoms with Crippen molar-refractivity contribution in [3.05, 3.63) is 212 Å². The maximum absolute atomic E-state index is 7.03. The first-order valence-electron chi connectivity index (χ1n) is 19.3. The van der Waals surface area contributed by atoms with Crippen molar-refractivity contribution >= 4 is 60.9 Å². The number of furan rings is 2. The van der Waals surface area contributed by atoms with E-state index >= 15 is 0 Å². The summed E-state index contributed by atoms with van der Waals surface area (Å²) in [5, 5.41) is 4.25. The summed E-state index contributed by atoms with van der Waals surface area (Å²) < 4.78 is 13.5. The van der Waals surface area contributed by atoms with Crippen molar-refractivity contribution in [1.29, 1.82) is 0 Å². The highest BCUT2D eigenvalue weighted by Gasteiger charge is 2.23. The van der Waals surface area contributed by atoms with E-state index in [0.29, 0.717) is 0 Å². The lowest BCUT2D eigenvalue weighted by atomic mass is 9.96. The van der Waals surface area contributed by atoms with Crippen molar-refractivity contribution in [2.24, 2.45) is 0 Å². The van der Waals surface area contributed by atoms with Crippen LogP contribution in [0.4, 0.5) is 17.1 Å². The Hall–Kier alpha value is -7.62. The largest absolute Gasteiger partial charge is 0.456 e. The minimum Gasteiger partial charge on any atom is -0.456 e. The van der Waals surface area contributed by atoms with Gasteiger partial charge in [0.25, 0.3) is 0 Å². The molecule has 0 aliphatic carbocycles. The number of hydrogen-bond acceptors (Lipinski definition) is 3. The van der Waals surface area contributed by atoms with Crippen LogP contribution in [0.25, 0.3) is 88.4 Å². The van der Waals surface area contributed by atoms with Crippen LogP contribution in [-0.4, -0.2) is 0 Å². The highest BCUT2D eigenvalue weighted by atomic mass is 16.3. The third-order valence-corrected chi connectivity index (χ3v) is 11.1. The Labute approximate surface area is 330 Å². The van der Waals surface area contributed by atoms with E-state index in [1.807, 2.05) is 12.1 Å². The molecule has 0 aliphatic rings. The molecule has 11 rings (SSSR count). The first-order chi connectivity index (χ1) is 28.3. The number of rotatable bonds is 7. The normalized spacial score (nSPS) is 11.5. The average Bonchev–Trinajstić information content (AvgIpc) is 3.85. The third-order valence-electron chi connectivity index (χ3n) is 11.1. The lowest BCUT2D eigenvalue weighted by Crippen LogP contribution is -2.11. The number of para-hydroxylation sites is 3. The van der Waals surface area contributed by atoms with Crippen LogP contribution in [0.5, 0.6) is 0 Å². The summed E-state index contributed by atoms with van der Waals surface area (Å²) in [4.78, 5) is 2.36. The van der Waals surface area contributed by atoms with Gasteiger partial charge >= 0.3 is 0 Å². The Balaban J connectivity index is 1.06. The van der Waals surface area contributed by atoms with Gasteiger partial charge in [-0.25, -0.2) is 0 Å². The van der Waals surface area contributed by atoms with Crippen molar-refractivity contribution in [3.63, 3.8) is 0 Å². The van der Waals surface area contributed by atoms with E-state index < -0.39 is 0 Å². The third kappa shape index (κ3) is 5.60. The average molecular weight is 730 g/mol. The molecule has 0 radical (unpaired) electrons. The Bertz CT molecular complexity index is 3200. The highest BCUT2D eigenvalue weighted by molar-refractivity contribution is 6.24. The maximum Gasteiger partial charge on any atom is 0.144 e. The lowest BCUT2D eigenvalue weighted by molar-refractivity contribution is 0.665. The second kappa shape index (κ2) is 13.6. The first-order valence-corrected chi connectivity index (χ1v) is 19.3. The van der Waals surface area contributed by atoms with Crippen LogP contribution in [0.1, 0.15) is 0 Å². The number of fused-ring (bicyclic) bond motifs is 6. The Morgan fingerprint density at radius 1 is 0.316 bits per heavy atom. The van der Waals surface area contributed by atoms with Gasteiger partial charge in [-0.05, 0) is 70.3 Å². The minimum atomic E-state index is 0.854. The molecule has 0 fully saturated rings. The van der Waals surface area contributed by atoms with E-state index in [4.69, 9.17) is 8.83 Å². The van der Waals surface area contributed by atoms with E-state index in [2.05, 4.69) is 205 Å². The summed E-state index contributed by atoms with van der Waals surface area (Å²) in [5.74, 6) is 0. The minimum absolute atomic E-state index is 0.854. The van der Waals surface area contributed by atoms with Crippen LogP contribution < -0.4 is 4.90 Å². The fourth-order valence-corrected chi connectivity index (χ4v) is 8.42. The Morgan fingerprint density at radius 3 is 1.56 bits per heavy atom. The molecule has 0 amide bonds. The summed E-state index contributed by atoms with van der Waals surface area (Å²) in [6.45, 7) is 0. The zero-order chi connectivity index (χ0) is 37.7. The van der Waals surface area contributed by atoms with Crippen LogP contribution in [0.3, 0.4) is 0 Å². The summed E-state index contributed by atoms with van der Waals surface area (Å²) >= 11 is 0. The van der Waals surface area contributed by atoms with Gasteiger partial charge in [-0.1, -0.05) is 170 Å². The zero-order valence-electron chi connectivity index (χ0n) is 31.0. The molecule has 0 unspecified atom stereocenters. The number of hydrogen-bond donors (Lipinski definition) is 0. The van der Waals surface area contributed by atoms with E-state index in [9.17, 15) is 0 Å². The van der Waals surface area contributed by atoms with Crippen molar-refractivity contribution in [2.75, 3.05) is 4.90 Å². The number of anilines is 3. The van der Waals surface area contributed by atoms with E-state index in [-0.39, 0.29) is 0 Å². The van der Waals surface area contributed by atoms with Crippen molar-refractivity contribution < 1.29 is 8.83 Å². The fourth-order valence-electron chi connectivity index (χ4n) is 8.42. The lowest BCUT2D eigenvalue weighted by Gasteiger charge is -2.28. The standard InChI is InChI=1S/C54H35NO2/c1-4-15-36(16-5-1)37-27-31-41(32-28-37)55(48-25-12-10-21-43(48)38-17-6-2-7-18-38)42-33-29-39(30-34-42)44-23-14-24-45-47-35-50-52(46-22-11-13-26-49(46)56-50)51(54(47)57-53(44)45)40-19-8-3-9-20-40/h1-35H. The molecular formula is C54H35NO2. The van der Waals surface area contributed by atoms with Gasteiger partial charge in [0.15, 0.2) is 0 Å². The summed E-state index contributed by atoms with van der Waals surface area (Å²) in [6, 6.07) is 74.9. The topological polar surface area (TPSA) is 29.5 Å². The van der Waals surface area contributed by atoms with Gasteiger partial charge in [0, 0.05) is 49.6 Å². The van der Waals surface area contributed by atoms with Crippen LogP contribution in [0.2, 0.25) is 0 Å². The summed E-state index contributed by atoms with van der Waals surface area (Å²) in [5.41, 5.74) is 15.7. The van der Waals surface area contributed by atoms with Gasteiger partial charge in [-0.15, -0.1) is 0 Å². The maximum atomic E-state index is 7.03. The quantitative estimate of drug-likeness (QED) is 0.164. The smallest absolute Gasteiger partial charge is 0.144 e. The molecule has 0 spiro atoms. The van der Waals surface area contributed by atoms with Crippen molar-refractivity contribution in [1.82, 2.24) is 0 Å². The second-order valence-corrected chi connectivity index (χ2v) is 14.4. The molecule has 11 aromatic rings. The van der Waals surface area contributed by atoms with Crippen molar-refractivity contribution in [3.8, 4) is 44.5 Å². The van der Waals surface area contributed by atoms with Gasteiger partial charge in [0.2, 0.25) is 0 Å². The highest BCUT2D eigenvalue weighted by Crippen LogP contribution is 2.47. The molecule has 3 nitrogen and oxygen atoms in total. The molecule has 0 aliphatic heterocycles. The molecule has 0 saturated heterocycles. The van der Waals surface area contributed by atoms with Crippen LogP contribution in [0, 0.1) is 0 Å². The molecule has 0 saturated carbocycles. The van der Waals surface area contributed by atoms with Crippen molar-refractivity contribution in [2.45, 2.75) is 0 Å². The van der Waals surface area contributed by atoms with E-state index in [0.717, 1.165) is 88.8 Å². The first kappa shape index (κ1) is 32.8. The van der Waals surface area contributed by atoms with Crippen LogP contribution >= 0.6 is 0 Å². The molecule has 0 atom stereocenters. The number of benzene rings is 9. The Kier molecular flexibility index (Phi) is 7.82. The Morgan fingerprint density at radius 2 is 0.842 bits per heavy atom. The van der Waals surface area contributed by atoms with Gasteiger partial charge in [-0.2, -0.15) is 0 Å². The van der Waals surface area contributed by atoms with Crippen LogP contribution in [0.15, 0.2) is 221 Å². The van der Waals surface area contributed by atoms with Gasteiger partial charge < -0.3 is 13.7 Å². The molecule has 0 N–H and O–H groups in total. The molecular weight excluding hydrogens is 695 g/mol. The van der Waals surface area contributed by atoms with Crippen LogP contribution in [-0.2, 0) is 0 Å². The van der Waals surface area contributed by atoms with Gasteiger partial charge in [0.1, 0.15) is 22.3 Å². The second-order valence-electron chi connectivity index (χ2n) is 14.4. The summed E-state index contributed by atoms with van der Waals surface area (Å²) in [6.07, 6.45) is 0. The molecule has 268 valence electrons. The zero-order valence-corrected chi connectivity index (χ0v) is 31.0. The van der Waals surface area contributed by atoms with Gasteiger partial charge in [0.05, 0.1) is 5.69 Å². The number of nitrogens with zero attached hydrogens (tertiary/aromatic N) is 1. The fraction of sp³-hybridized carbons (Fsp3) is 0. The molecule has 3 heteroatoms. The van der Waals surface area contributed by atoms with E-state index in [1.54, 1.807) is 0 Å². The summed E-state index contributed by atoms with van der Waals surface area (Å²) in [7, 11) is 0. The molecule has 57 heavy (non-hydrogen) atoms. The van der Waals surface area contributed by atoms with E-state index in [1.165, 1.54) is 16.7 Å². The monoisotopic (exact) mass is 729 g/mol. The predicted molar refractivity (Wildman–Crippen MR) is 237 cm³/mol. The van der Waals surface area contributed by atoms with Gasteiger partial charge in [-0.3, -0.25) is 0 Å².